The van der Waals surface area contributed by atoms with Crippen molar-refractivity contribution in [1.82, 2.24) is 0 Å². The zero-order chi connectivity index (χ0) is 19.2. The Bertz CT molecular complexity index is 743. The van der Waals surface area contributed by atoms with Gasteiger partial charge in [-0.3, -0.25) is 4.79 Å². The minimum absolute atomic E-state index is 0.0820. The molecular weight excluding hydrogens is 347 g/mol. The first-order valence-corrected chi connectivity index (χ1v) is 8.02. The fourth-order valence-electron chi connectivity index (χ4n) is 2.14. The van der Waals surface area contributed by atoms with E-state index in [-0.39, 0.29) is 24.7 Å². The predicted molar refractivity (Wildman–Crippen MR) is 92.6 cm³/mol. The number of amides is 1. The number of rotatable bonds is 7. The van der Waals surface area contributed by atoms with Gasteiger partial charge in [0.25, 0.3) is 0 Å². The van der Waals surface area contributed by atoms with E-state index in [4.69, 9.17) is 4.74 Å². The number of nitrogens with one attached hydrogen (secondary N) is 1. The van der Waals surface area contributed by atoms with Crippen LogP contribution >= 0.6 is 0 Å². The molecule has 0 fully saturated rings. The van der Waals surface area contributed by atoms with Gasteiger partial charge in [-0.25, -0.2) is 0 Å². The number of ether oxygens (including phenoxy) is 2. The van der Waals surface area contributed by atoms with Crippen molar-refractivity contribution in [2.75, 3.05) is 18.5 Å². The standard InChI is InChI=1S/C19H20F3NO3/c1-13-3-4-14(2)17(11-13)25-10-9-18(24)23-15-5-7-16(8-6-15)26-12-19(20,21)22/h3-8,11H,9-10,12H2,1-2H3,(H,23,24). The summed E-state index contributed by atoms with van der Waals surface area (Å²) in [7, 11) is 0. The van der Waals surface area contributed by atoms with Crippen LogP contribution in [0.5, 0.6) is 11.5 Å². The Balaban J connectivity index is 1.78. The second kappa shape index (κ2) is 8.60. The molecule has 0 spiro atoms. The highest BCUT2D eigenvalue weighted by molar-refractivity contribution is 5.90. The quantitative estimate of drug-likeness (QED) is 0.775. The largest absolute Gasteiger partial charge is 0.493 e. The number of alkyl halides is 3. The molecule has 7 heteroatoms. The number of carbonyl (C=O) groups is 1. The first-order valence-electron chi connectivity index (χ1n) is 8.02. The normalized spacial score (nSPS) is 11.1. The van der Waals surface area contributed by atoms with Crippen LogP contribution in [0.2, 0.25) is 0 Å². The number of halogens is 3. The lowest BCUT2D eigenvalue weighted by Gasteiger charge is -2.11. The van der Waals surface area contributed by atoms with Gasteiger partial charge in [-0.2, -0.15) is 13.2 Å². The smallest absolute Gasteiger partial charge is 0.422 e. The highest BCUT2D eigenvalue weighted by Gasteiger charge is 2.28. The molecule has 2 aromatic rings. The minimum atomic E-state index is -4.39. The van der Waals surface area contributed by atoms with Crippen LogP contribution in [0, 0.1) is 13.8 Å². The number of benzene rings is 2. The van der Waals surface area contributed by atoms with Crippen LogP contribution in [-0.4, -0.2) is 25.3 Å². The van der Waals surface area contributed by atoms with Gasteiger partial charge in [0.05, 0.1) is 13.0 Å². The number of anilines is 1. The molecule has 0 aliphatic heterocycles. The second-order valence-corrected chi connectivity index (χ2v) is 5.84. The molecule has 140 valence electrons. The molecule has 0 aromatic heterocycles. The molecule has 1 N–H and O–H groups in total. The third-order valence-electron chi connectivity index (χ3n) is 3.47. The fourth-order valence-corrected chi connectivity index (χ4v) is 2.14. The summed E-state index contributed by atoms with van der Waals surface area (Å²) in [6.07, 6.45) is -4.23. The molecule has 0 saturated carbocycles. The summed E-state index contributed by atoms with van der Waals surface area (Å²) < 4.78 is 46.5. The lowest BCUT2D eigenvalue weighted by Crippen LogP contribution is -2.19. The van der Waals surface area contributed by atoms with Gasteiger partial charge in [0, 0.05) is 5.69 Å². The molecule has 0 bridgehead atoms. The van der Waals surface area contributed by atoms with E-state index in [0.29, 0.717) is 5.69 Å². The molecule has 0 aliphatic rings. The van der Waals surface area contributed by atoms with Crippen molar-refractivity contribution < 1.29 is 27.4 Å². The average molecular weight is 367 g/mol. The van der Waals surface area contributed by atoms with Crippen molar-refractivity contribution in [3.05, 3.63) is 53.6 Å². The van der Waals surface area contributed by atoms with Crippen molar-refractivity contribution in [3.63, 3.8) is 0 Å². The Morgan fingerprint density at radius 3 is 2.38 bits per heavy atom. The lowest BCUT2D eigenvalue weighted by molar-refractivity contribution is -0.153. The summed E-state index contributed by atoms with van der Waals surface area (Å²) in [4.78, 5) is 11.9. The molecular formula is C19H20F3NO3. The van der Waals surface area contributed by atoms with Gasteiger partial charge in [0.1, 0.15) is 11.5 Å². The molecule has 2 aromatic carbocycles. The molecule has 2 rings (SSSR count). The molecule has 4 nitrogen and oxygen atoms in total. The predicted octanol–water partition coefficient (Wildman–Crippen LogP) is 4.65. The average Bonchev–Trinajstić information content (AvgIpc) is 2.56. The summed E-state index contributed by atoms with van der Waals surface area (Å²) in [5, 5.41) is 2.66. The van der Waals surface area contributed by atoms with E-state index in [2.05, 4.69) is 10.1 Å². The van der Waals surface area contributed by atoms with Crippen molar-refractivity contribution >= 4 is 11.6 Å². The van der Waals surface area contributed by atoms with Crippen LogP contribution in [0.25, 0.3) is 0 Å². The molecule has 0 aliphatic carbocycles. The van der Waals surface area contributed by atoms with Gasteiger partial charge in [0.15, 0.2) is 6.61 Å². The van der Waals surface area contributed by atoms with E-state index in [1.165, 1.54) is 24.3 Å². The van der Waals surface area contributed by atoms with Gasteiger partial charge in [-0.15, -0.1) is 0 Å². The van der Waals surface area contributed by atoms with E-state index < -0.39 is 12.8 Å². The van der Waals surface area contributed by atoms with Gasteiger partial charge in [-0.1, -0.05) is 12.1 Å². The minimum Gasteiger partial charge on any atom is -0.493 e. The van der Waals surface area contributed by atoms with Crippen LogP contribution in [-0.2, 0) is 4.79 Å². The van der Waals surface area contributed by atoms with Crippen LogP contribution in [0.4, 0.5) is 18.9 Å². The highest BCUT2D eigenvalue weighted by Crippen LogP contribution is 2.21. The summed E-state index contributed by atoms with van der Waals surface area (Å²) in [5.41, 5.74) is 2.54. The van der Waals surface area contributed by atoms with Gasteiger partial charge in [-0.05, 0) is 55.3 Å². The molecule has 0 unspecified atom stereocenters. The Labute approximate surface area is 149 Å². The molecule has 26 heavy (non-hydrogen) atoms. The highest BCUT2D eigenvalue weighted by atomic mass is 19.4. The van der Waals surface area contributed by atoms with Gasteiger partial charge < -0.3 is 14.8 Å². The summed E-state index contributed by atoms with van der Waals surface area (Å²) in [5.74, 6) is 0.571. The third-order valence-corrected chi connectivity index (χ3v) is 3.47. The second-order valence-electron chi connectivity index (χ2n) is 5.84. The van der Waals surface area contributed by atoms with Crippen LogP contribution in [0.1, 0.15) is 17.5 Å². The number of aryl methyl sites for hydroxylation is 2. The number of hydrogen-bond acceptors (Lipinski definition) is 3. The summed E-state index contributed by atoms with van der Waals surface area (Å²) >= 11 is 0. The third kappa shape index (κ3) is 6.66. The Morgan fingerprint density at radius 2 is 1.73 bits per heavy atom. The fraction of sp³-hybridized carbons (Fsp3) is 0.316. The SMILES string of the molecule is Cc1ccc(C)c(OCCC(=O)Nc2ccc(OCC(F)(F)F)cc2)c1. The van der Waals surface area contributed by atoms with E-state index in [1.54, 1.807) is 0 Å². The maximum absolute atomic E-state index is 12.1. The summed E-state index contributed by atoms with van der Waals surface area (Å²) in [6, 6.07) is 11.5. The molecule has 0 saturated heterocycles. The van der Waals surface area contributed by atoms with E-state index in [1.807, 2.05) is 32.0 Å². The zero-order valence-electron chi connectivity index (χ0n) is 14.5. The Morgan fingerprint density at radius 1 is 1.04 bits per heavy atom. The number of carbonyl (C=O) groups excluding carboxylic acids is 1. The lowest BCUT2D eigenvalue weighted by atomic mass is 10.1. The van der Waals surface area contributed by atoms with Crippen molar-refractivity contribution in [2.45, 2.75) is 26.4 Å². The molecule has 0 radical (unpaired) electrons. The van der Waals surface area contributed by atoms with Crippen molar-refractivity contribution in [3.8, 4) is 11.5 Å². The van der Waals surface area contributed by atoms with Crippen LogP contribution in [0.3, 0.4) is 0 Å². The van der Waals surface area contributed by atoms with E-state index in [9.17, 15) is 18.0 Å². The topological polar surface area (TPSA) is 47.6 Å². The monoisotopic (exact) mass is 367 g/mol. The number of hydrogen-bond donors (Lipinski definition) is 1. The molecule has 1 amide bonds. The van der Waals surface area contributed by atoms with E-state index >= 15 is 0 Å². The van der Waals surface area contributed by atoms with Crippen molar-refractivity contribution in [1.29, 1.82) is 0 Å². The summed E-state index contributed by atoms with van der Waals surface area (Å²) in [6.45, 7) is 2.76. The zero-order valence-corrected chi connectivity index (χ0v) is 14.5. The van der Waals surface area contributed by atoms with Crippen LogP contribution < -0.4 is 14.8 Å². The Hall–Kier alpha value is -2.70. The van der Waals surface area contributed by atoms with Crippen LogP contribution in [0.15, 0.2) is 42.5 Å². The van der Waals surface area contributed by atoms with Gasteiger partial charge in [0.2, 0.25) is 5.91 Å². The maximum Gasteiger partial charge on any atom is 0.422 e. The first-order chi connectivity index (χ1) is 12.2. The van der Waals surface area contributed by atoms with Crippen molar-refractivity contribution in [2.24, 2.45) is 0 Å². The Kier molecular flexibility index (Phi) is 6.49. The first kappa shape index (κ1) is 19.6. The molecule has 0 atom stereocenters. The molecule has 0 heterocycles. The van der Waals surface area contributed by atoms with E-state index in [0.717, 1.165) is 16.9 Å². The van der Waals surface area contributed by atoms with Gasteiger partial charge >= 0.3 is 6.18 Å². The maximum atomic E-state index is 12.1.